The highest BCUT2D eigenvalue weighted by Gasteiger charge is 2.25. The summed E-state index contributed by atoms with van der Waals surface area (Å²) >= 11 is 0. The molecule has 0 saturated heterocycles. The molecule has 2 radical (unpaired) electrons. The Labute approximate surface area is 65.6 Å². The van der Waals surface area contributed by atoms with Gasteiger partial charge in [-0.1, -0.05) is 6.92 Å². The maximum Gasteiger partial charge on any atom is 0.118 e. The minimum Gasteiger partial charge on any atom is -0.300 e. The lowest BCUT2D eigenvalue weighted by molar-refractivity contribution is 0.0809. The second-order valence-corrected chi connectivity index (χ2v) is 3.02. The molecule has 0 aliphatic carbocycles. The molecule has 0 N–H and O–H groups in total. The molecule has 0 spiro atoms. The van der Waals surface area contributed by atoms with Gasteiger partial charge in [-0.25, -0.2) is 0 Å². The van der Waals surface area contributed by atoms with Crippen LogP contribution in [0, 0.1) is 0 Å². The van der Waals surface area contributed by atoms with E-state index in [9.17, 15) is 0 Å². The fraction of sp³-hybridized carbons (Fsp3) is 1.00. The third kappa shape index (κ3) is 1.73. The summed E-state index contributed by atoms with van der Waals surface area (Å²) in [7, 11) is 14.0. The van der Waals surface area contributed by atoms with E-state index in [0.29, 0.717) is 0 Å². The van der Waals surface area contributed by atoms with Gasteiger partial charge in [-0.3, -0.25) is 9.80 Å². The first-order chi connectivity index (χ1) is 4.45. The van der Waals surface area contributed by atoms with Gasteiger partial charge in [-0.05, 0) is 34.6 Å². The lowest BCUT2D eigenvalue weighted by Gasteiger charge is -2.42. The van der Waals surface area contributed by atoms with Crippen LogP contribution in [-0.2, 0) is 0 Å². The molecule has 3 heteroatoms. The lowest BCUT2D eigenvalue weighted by atomic mass is 9.82. The standard InChI is InChI=1S/C7H17BN2/c1-6-7(8,9(2)3)10(4)5/h6H2,1-5H3. The normalized spacial score (nSPS) is 13.1. The van der Waals surface area contributed by atoms with Gasteiger partial charge < -0.3 is 0 Å². The van der Waals surface area contributed by atoms with Gasteiger partial charge in [0.15, 0.2) is 0 Å². The van der Waals surface area contributed by atoms with Crippen LogP contribution in [0.3, 0.4) is 0 Å². The average Bonchev–Trinajstić information content (AvgIpc) is 1.85. The maximum atomic E-state index is 6.03. The predicted octanol–water partition coefficient (Wildman–Crippen LogP) is 0.342. The van der Waals surface area contributed by atoms with E-state index < -0.39 is 0 Å². The SMILES string of the molecule is [B]C(CC)(N(C)C)N(C)C. The second-order valence-electron chi connectivity index (χ2n) is 3.02. The van der Waals surface area contributed by atoms with Crippen LogP contribution >= 0.6 is 0 Å². The number of hydrogen-bond donors (Lipinski definition) is 0. The summed E-state index contributed by atoms with van der Waals surface area (Å²) in [6, 6.07) is 0. The minimum atomic E-state index is -0.292. The van der Waals surface area contributed by atoms with Gasteiger partial charge in [-0.2, -0.15) is 0 Å². The molecule has 0 amide bonds. The summed E-state index contributed by atoms with van der Waals surface area (Å²) < 4.78 is 0. The zero-order valence-corrected chi connectivity index (χ0v) is 7.68. The fourth-order valence-electron chi connectivity index (χ4n) is 1.03. The maximum absolute atomic E-state index is 6.03. The Balaban J connectivity index is 4.23. The highest BCUT2D eigenvalue weighted by Crippen LogP contribution is 2.13. The van der Waals surface area contributed by atoms with Crippen molar-refractivity contribution < 1.29 is 0 Å². The zero-order valence-electron chi connectivity index (χ0n) is 7.68. The minimum absolute atomic E-state index is 0.292. The highest BCUT2D eigenvalue weighted by atomic mass is 15.3. The lowest BCUT2D eigenvalue weighted by Crippen LogP contribution is -2.55. The molecule has 0 saturated carbocycles. The van der Waals surface area contributed by atoms with E-state index in [1.54, 1.807) is 0 Å². The molecular formula is C7H17BN2. The Kier molecular flexibility index (Phi) is 3.39. The van der Waals surface area contributed by atoms with E-state index in [-0.39, 0.29) is 5.56 Å². The second kappa shape index (κ2) is 3.40. The summed E-state index contributed by atoms with van der Waals surface area (Å²) in [6.45, 7) is 2.08. The van der Waals surface area contributed by atoms with Crippen molar-refractivity contribution in [3.8, 4) is 0 Å². The molecule has 10 heavy (non-hydrogen) atoms. The van der Waals surface area contributed by atoms with Crippen molar-refractivity contribution in [1.82, 2.24) is 9.80 Å². The van der Waals surface area contributed by atoms with Crippen LogP contribution < -0.4 is 0 Å². The molecule has 58 valence electrons. The molecule has 0 fully saturated rings. The van der Waals surface area contributed by atoms with Crippen LogP contribution in [0.5, 0.6) is 0 Å². The zero-order chi connectivity index (χ0) is 8.36. The molecule has 0 aliphatic heterocycles. The largest absolute Gasteiger partial charge is 0.300 e. The third-order valence-electron chi connectivity index (χ3n) is 2.07. The van der Waals surface area contributed by atoms with E-state index in [1.807, 2.05) is 38.0 Å². The van der Waals surface area contributed by atoms with Crippen molar-refractivity contribution in [2.75, 3.05) is 28.2 Å². The van der Waals surface area contributed by atoms with Crippen molar-refractivity contribution in [2.24, 2.45) is 0 Å². The number of rotatable bonds is 3. The summed E-state index contributed by atoms with van der Waals surface area (Å²) in [6.07, 6.45) is 0.924. The molecule has 0 heterocycles. The van der Waals surface area contributed by atoms with Crippen molar-refractivity contribution in [3.63, 3.8) is 0 Å². The van der Waals surface area contributed by atoms with Gasteiger partial charge in [0.25, 0.3) is 0 Å². The van der Waals surface area contributed by atoms with E-state index in [0.717, 1.165) is 6.42 Å². The highest BCUT2D eigenvalue weighted by molar-refractivity contribution is 6.14. The molecular weight excluding hydrogens is 123 g/mol. The van der Waals surface area contributed by atoms with Crippen molar-refractivity contribution in [2.45, 2.75) is 18.9 Å². The first-order valence-corrected chi connectivity index (χ1v) is 3.59. The fourth-order valence-corrected chi connectivity index (χ4v) is 1.03. The molecule has 0 unspecified atom stereocenters. The van der Waals surface area contributed by atoms with Crippen LogP contribution in [-0.4, -0.2) is 51.4 Å². The first-order valence-electron chi connectivity index (χ1n) is 3.59. The van der Waals surface area contributed by atoms with E-state index in [4.69, 9.17) is 7.85 Å². The van der Waals surface area contributed by atoms with E-state index >= 15 is 0 Å². The molecule has 0 bridgehead atoms. The Morgan fingerprint density at radius 1 is 1.10 bits per heavy atom. The smallest absolute Gasteiger partial charge is 0.118 e. The Bertz CT molecular complexity index is 93.8. The first kappa shape index (κ1) is 9.98. The van der Waals surface area contributed by atoms with Gasteiger partial charge in [0.1, 0.15) is 7.85 Å². The summed E-state index contributed by atoms with van der Waals surface area (Å²) in [5.41, 5.74) is -0.292. The van der Waals surface area contributed by atoms with Crippen molar-refractivity contribution in [1.29, 1.82) is 0 Å². The predicted molar refractivity (Wildman–Crippen MR) is 46.2 cm³/mol. The van der Waals surface area contributed by atoms with Crippen LogP contribution in [0.25, 0.3) is 0 Å². The van der Waals surface area contributed by atoms with Crippen molar-refractivity contribution in [3.05, 3.63) is 0 Å². The topological polar surface area (TPSA) is 6.48 Å². The number of nitrogens with zero attached hydrogens (tertiary/aromatic N) is 2. The summed E-state index contributed by atoms with van der Waals surface area (Å²) in [5.74, 6) is 0. The monoisotopic (exact) mass is 140 g/mol. The van der Waals surface area contributed by atoms with Gasteiger partial charge in [0.05, 0.1) is 0 Å². The van der Waals surface area contributed by atoms with Crippen LogP contribution in [0.15, 0.2) is 0 Å². The van der Waals surface area contributed by atoms with Gasteiger partial charge >= 0.3 is 0 Å². The van der Waals surface area contributed by atoms with Crippen LogP contribution in [0.4, 0.5) is 0 Å². The molecule has 0 aliphatic rings. The Morgan fingerprint density at radius 2 is 1.40 bits per heavy atom. The molecule has 0 aromatic heterocycles. The Hall–Kier alpha value is -0.0151. The van der Waals surface area contributed by atoms with Crippen LogP contribution in [0.1, 0.15) is 13.3 Å². The molecule has 0 aromatic carbocycles. The number of hydrogen-bond acceptors (Lipinski definition) is 2. The average molecular weight is 140 g/mol. The molecule has 0 aromatic rings. The van der Waals surface area contributed by atoms with Gasteiger partial charge in [-0.15, -0.1) is 0 Å². The van der Waals surface area contributed by atoms with Crippen LogP contribution in [0.2, 0.25) is 0 Å². The van der Waals surface area contributed by atoms with Gasteiger partial charge in [0, 0.05) is 5.56 Å². The quantitative estimate of drug-likeness (QED) is 0.412. The summed E-state index contributed by atoms with van der Waals surface area (Å²) in [5, 5.41) is 0. The molecule has 2 nitrogen and oxygen atoms in total. The Morgan fingerprint density at radius 3 is 1.40 bits per heavy atom. The molecule has 0 atom stereocenters. The summed E-state index contributed by atoms with van der Waals surface area (Å²) in [4.78, 5) is 4.04. The molecule has 0 rings (SSSR count). The third-order valence-corrected chi connectivity index (χ3v) is 2.07. The van der Waals surface area contributed by atoms with E-state index in [1.165, 1.54) is 0 Å². The van der Waals surface area contributed by atoms with Gasteiger partial charge in [0.2, 0.25) is 0 Å². The van der Waals surface area contributed by atoms with E-state index in [2.05, 4.69) is 6.92 Å². The van der Waals surface area contributed by atoms with Crippen molar-refractivity contribution >= 4 is 7.85 Å².